The number of fused-ring (bicyclic) bond motifs is 2. The molecule has 1 aromatic heterocycles. The highest BCUT2D eigenvalue weighted by molar-refractivity contribution is 6.01. The fourth-order valence-corrected chi connectivity index (χ4v) is 4.57. The number of hydrogen-bond acceptors (Lipinski definition) is 3. The smallest absolute Gasteiger partial charge is 0.268 e. The Morgan fingerprint density at radius 3 is 2.80 bits per heavy atom. The van der Waals surface area contributed by atoms with E-state index in [0.717, 1.165) is 49.1 Å². The Kier molecular flexibility index (Phi) is 4.08. The minimum Gasteiger partial charge on any atom is -0.350 e. The zero-order chi connectivity index (χ0) is 17.7. The lowest BCUT2D eigenvalue weighted by Gasteiger charge is -2.34. The number of piperazine rings is 1. The number of aromatic nitrogens is 1. The Morgan fingerprint density at radius 2 is 2.00 bits per heavy atom. The van der Waals surface area contributed by atoms with Crippen molar-refractivity contribution in [3.05, 3.63) is 34.5 Å². The van der Waals surface area contributed by atoms with Crippen LogP contribution >= 0.6 is 0 Å². The largest absolute Gasteiger partial charge is 0.350 e. The van der Waals surface area contributed by atoms with Crippen LogP contribution in [0.15, 0.2) is 12.1 Å². The number of nitrogens with one attached hydrogen (secondary N) is 2. The lowest BCUT2D eigenvalue weighted by molar-refractivity contribution is 0.0932. The molecule has 2 N–H and O–H groups in total. The number of carbonyl (C=O) groups is 1. The predicted molar refractivity (Wildman–Crippen MR) is 101 cm³/mol. The first-order chi connectivity index (χ1) is 11.9. The molecular weight excluding hydrogens is 312 g/mol. The summed E-state index contributed by atoms with van der Waals surface area (Å²) in [6.07, 6.45) is 1.05. The van der Waals surface area contributed by atoms with Gasteiger partial charge in [0, 0.05) is 49.2 Å². The summed E-state index contributed by atoms with van der Waals surface area (Å²) in [6, 6.07) is 5.15. The van der Waals surface area contributed by atoms with E-state index in [1.165, 1.54) is 11.1 Å². The van der Waals surface area contributed by atoms with Crippen LogP contribution < -0.4 is 5.32 Å². The van der Waals surface area contributed by atoms with Crippen LogP contribution in [-0.2, 0) is 0 Å². The first-order valence-corrected chi connectivity index (χ1v) is 9.25. The van der Waals surface area contributed by atoms with E-state index in [2.05, 4.69) is 53.1 Å². The number of nitrogens with zero attached hydrogens (tertiary/aromatic N) is 2. The molecule has 0 aliphatic carbocycles. The number of aromatic amines is 1. The van der Waals surface area contributed by atoms with Gasteiger partial charge in [0.2, 0.25) is 0 Å². The summed E-state index contributed by atoms with van der Waals surface area (Å²) in [5.74, 6) is 0.0314. The van der Waals surface area contributed by atoms with Crippen molar-refractivity contribution in [3.63, 3.8) is 0 Å². The Bertz CT molecular complexity index is 825. The molecule has 1 amide bonds. The summed E-state index contributed by atoms with van der Waals surface area (Å²) < 4.78 is 0. The van der Waals surface area contributed by atoms with Gasteiger partial charge in [-0.1, -0.05) is 11.6 Å². The number of likely N-dealkylation sites (N-methyl/N-ethyl adjacent to an activating group) is 1. The van der Waals surface area contributed by atoms with Crippen molar-refractivity contribution in [3.8, 4) is 0 Å². The normalized spacial score (nSPS) is 24.6. The molecule has 0 radical (unpaired) electrons. The molecule has 0 unspecified atom stereocenters. The lowest BCUT2D eigenvalue weighted by Crippen LogP contribution is -2.48. The van der Waals surface area contributed by atoms with Gasteiger partial charge in [0.25, 0.3) is 5.91 Å². The highest BCUT2D eigenvalue weighted by Crippen LogP contribution is 2.27. The molecule has 2 atom stereocenters. The number of benzene rings is 1. The van der Waals surface area contributed by atoms with Crippen molar-refractivity contribution in [2.75, 3.05) is 33.2 Å². The number of aryl methyl sites for hydroxylation is 3. The van der Waals surface area contributed by atoms with E-state index in [1.807, 2.05) is 6.92 Å². The third-order valence-corrected chi connectivity index (χ3v) is 5.89. The zero-order valence-corrected chi connectivity index (χ0v) is 15.6. The second-order valence-electron chi connectivity index (χ2n) is 7.95. The Balaban J connectivity index is 1.53. The molecule has 2 saturated heterocycles. The minimum atomic E-state index is 0.0314. The van der Waals surface area contributed by atoms with Crippen LogP contribution in [0.1, 0.15) is 33.6 Å². The molecule has 2 fully saturated rings. The fraction of sp³-hybridized carbons (Fsp3) is 0.550. The molecule has 2 aliphatic heterocycles. The molecule has 0 bridgehead atoms. The van der Waals surface area contributed by atoms with Crippen molar-refractivity contribution >= 4 is 16.8 Å². The number of H-pyrrole nitrogens is 1. The maximum Gasteiger partial charge on any atom is 0.268 e. The molecule has 3 heterocycles. The second kappa shape index (κ2) is 6.15. The monoisotopic (exact) mass is 340 g/mol. The highest BCUT2D eigenvalue weighted by atomic mass is 16.2. The van der Waals surface area contributed by atoms with Gasteiger partial charge < -0.3 is 15.2 Å². The predicted octanol–water partition coefficient (Wildman–Crippen LogP) is 2.21. The van der Waals surface area contributed by atoms with Crippen LogP contribution in [-0.4, -0.2) is 66.0 Å². The standard InChI is InChI=1S/C20H28N4O/c1-12-7-13(2)18-17(8-12)14(3)19(22-18)20(25)21-15-9-16-11-23(4)5-6-24(16)10-15/h7-8,15-16,22H,5-6,9-11H2,1-4H3,(H,21,25)/t15-,16-/m0/s1. The third-order valence-electron chi connectivity index (χ3n) is 5.89. The fourth-order valence-electron chi connectivity index (χ4n) is 4.57. The summed E-state index contributed by atoms with van der Waals surface area (Å²) in [4.78, 5) is 21.2. The summed E-state index contributed by atoms with van der Waals surface area (Å²) in [5, 5.41) is 4.43. The van der Waals surface area contributed by atoms with Gasteiger partial charge in [-0.25, -0.2) is 0 Å². The number of amides is 1. The first kappa shape index (κ1) is 16.6. The van der Waals surface area contributed by atoms with E-state index in [0.29, 0.717) is 11.7 Å². The average Bonchev–Trinajstić information content (AvgIpc) is 3.08. The topological polar surface area (TPSA) is 51.4 Å². The van der Waals surface area contributed by atoms with E-state index in [-0.39, 0.29) is 11.9 Å². The SMILES string of the molecule is Cc1cc(C)c2[nH]c(C(=O)N[C@H]3C[C@H]4CN(C)CCN4C3)c(C)c2c1. The van der Waals surface area contributed by atoms with Gasteiger partial charge in [0.1, 0.15) is 5.69 Å². The van der Waals surface area contributed by atoms with Crippen LogP contribution in [0.25, 0.3) is 10.9 Å². The van der Waals surface area contributed by atoms with Crippen LogP contribution in [0.4, 0.5) is 0 Å². The summed E-state index contributed by atoms with van der Waals surface area (Å²) >= 11 is 0. The van der Waals surface area contributed by atoms with Crippen LogP contribution in [0.5, 0.6) is 0 Å². The molecular formula is C20H28N4O. The number of carbonyl (C=O) groups excluding carboxylic acids is 1. The van der Waals surface area contributed by atoms with Gasteiger partial charge in [0.15, 0.2) is 0 Å². The Morgan fingerprint density at radius 1 is 1.20 bits per heavy atom. The number of hydrogen-bond donors (Lipinski definition) is 2. The zero-order valence-electron chi connectivity index (χ0n) is 15.6. The molecule has 0 saturated carbocycles. The summed E-state index contributed by atoms with van der Waals surface area (Å²) in [5.41, 5.74) is 5.27. The lowest BCUT2D eigenvalue weighted by atomic mass is 10.1. The molecule has 2 aliphatic rings. The molecule has 134 valence electrons. The minimum absolute atomic E-state index is 0.0314. The van der Waals surface area contributed by atoms with Gasteiger partial charge in [-0.15, -0.1) is 0 Å². The van der Waals surface area contributed by atoms with Crippen molar-refractivity contribution in [1.29, 1.82) is 0 Å². The quantitative estimate of drug-likeness (QED) is 0.881. The van der Waals surface area contributed by atoms with E-state index >= 15 is 0 Å². The van der Waals surface area contributed by atoms with E-state index in [1.54, 1.807) is 0 Å². The molecule has 0 spiro atoms. The van der Waals surface area contributed by atoms with Crippen molar-refractivity contribution < 1.29 is 4.79 Å². The second-order valence-corrected chi connectivity index (χ2v) is 7.95. The molecule has 5 nitrogen and oxygen atoms in total. The highest BCUT2D eigenvalue weighted by Gasteiger charge is 2.36. The molecule has 4 rings (SSSR count). The molecule has 5 heteroatoms. The van der Waals surface area contributed by atoms with Gasteiger partial charge in [-0.05, 0) is 51.4 Å². The maximum absolute atomic E-state index is 12.9. The first-order valence-electron chi connectivity index (χ1n) is 9.25. The average molecular weight is 340 g/mol. The summed E-state index contributed by atoms with van der Waals surface area (Å²) in [6.45, 7) is 10.6. The van der Waals surface area contributed by atoms with Gasteiger partial charge in [-0.3, -0.25) is 9.69 Å². The van der Waals surface area contributed by atoms with Crippen molar-refractivity contribution in [2.45, 2.75) is 39.3 Å². The van der Waals surface area contributed by atoms with Gasteiger partial charge >= 0.3 is 0 Å². The van der Waals surface area contributed by atoms with E-state index < -0.39 is 0 Å². The van der Waals surface area contributed by atoms with E-state index in [4.69, 9.17) is 0 Å². The van der Waals surface area contributed by atoms with Crippen LogP contribution in [0.2, 0.25) is 0 Å². The molecule has 2 aromatic rings. The summed E-state index contributed by atoms with van der Waals surface area (Å²) in [7, 11) is 2.18. The van der Waals surface area contributed by atoms with E-state index in [9.17, 15) is 4.79 Å². The van der Waals surface area contributed by atoms with Crippen molar-refractivity contribution in [1.82, 2.24) is 20.1 Å². The van der Waals surface area contributed by atoms with Crippen LogP contribution in [0, 0.1) is 20.8 Å². The van der Waals surface area contributed by atoms with Crippen LogP contribution in [0.3, 0.4) is 0 Å². The Hall–Kier alpha value is -1.85. The Labute approximate surface area is 149 Å². The van der Waals surface area contributed by atoms with Crippen molar-refractivity contribution in [2.24, 2.45) is 0 Å². The third kappa shape index (κ3) is 2.96. The van der Waals surface area contributed by atoms with Gasteiger partial charge in [0.05, 0.1) is 0 Å². The molecule has 25 heavy (non-hydrogen) atoms. The maximum atomic E-state index is 12.9. The molecule has 1 aromatic carbocycles. The number of rotatable bonds is 2. The van der Waals surface area contributed by atoms with Gasteiger partial charge in [-0.2, -0.15) is 0 Å².